The molecule has 1 aliphatic rings. The standard InChI is InChI=1S/C16H17NO5S/c18-4-5-20-15(12-3-6-23-9-12)8-17-16(19)11-1-2-13-14(7-11)22-10-21-13/h1-3,6-7,9,15,18H,4-5,8,10H2,(H,17,19)/t15-/m0/s1. The first kappa shape index (κ1) is 15.8. The smallest absolute Gasteiger partial charge is 0.251 e. The molecule has 0 radical (unpaired) electrons. The molecule has 1 atom stereocenters. The molecule has 2 N–H and O–H groups in total. The van der Waals surface area contributed by atoms with Gasteiger partial charge in [0, 0.05) is 12.1 Å². The van der Waals surface area contributed by atoms with Crippen molar-refractivity contribution in [1.29, 1.82) is 0 Å². The molecular formula is C16H17NO5S. The Labute approximate surface area is 137 Å². The highest BCUT2D eigenvalue weighted by molar-refractivity contribution is 7.07. The van der Waals surface area contributed by atoms with Crippen LogP contribution in [0.5, 0.6) is 11.5 Å². The second-order valence-corrected chi connectivity index (χ2v) is 5.70. The van der Waals surface area contributed by atoms with Crippen molar-refractivity contribution in [3.63, 3.8) is 0 Å². The van der Waals surface area contributed by atoms with Crippen LogP contribution >= 0.6 is 11.3 Å². The Hall–Kier alpha value is -2.09. The first-order valence-electron chi connectivity index (χ1n) is 7.20. The molecule has 2 aromatic rings. The zero-order valence-electron chi connectivity index (χ0n) is 12.4. The number of ether oxygens (including phenoxy) is 3. The minimum absolute atomic E-state index is 0.0588. The molecule has 0 saturated heterocycles. The summed E-state index contributed by atoms with van der Waals surface area (Å²) in [6.07, 6.45) is -0.286. The second-order valence-electron chi connectivity index (χ2n) is 4.92. The first-order valence-corrected chi connectivity index (χ1v) is 8.14. The number of rotatable bonds is 7. The molecule has 0 spiro atoms. The Kier molecular flexibility index (Phi) is 5.12. The summed E-state index contributed by atoms with van der Waals surface area (Å²) >= 11 is 1.56. The van der Waals surface area contributed by atoms with E-state index in [1.807, 2.05) is 16.8 Å². The van der Waals surface area contributed by atoms with Gasteiger partial charge >= 0.3 is 0 Å². The molecule has 7 heteroatoms. The van der Waals surface area contributed by atoms with E-state index in [1.54, 1.807) is 29.5 Å². The molecule has 0 unspecified atom stereocenters. The minimum atomic E-state index is -0.286. The highest BCUT2D eigenvalue weighted by Gasteiger charge is 2.18. The molecule has 1 amide bonds. The predicted octanol–water partition coefficient (Wildman–Crippen LogP) is 1.96. The summed E-state index contributed by atoms with van der Waals surface area (Å²) < 4.78 is 16.1. The monoisotopic (exact) mass is 335 g/mol. The summed E-state index contributed by atoms with van der Waals surface area (Å²) in [6, 6.07) is 7.01. The number of aliphatic hydroxyl groups is 1. The summed E-state index contributed by atoms with van der Waals surface area (Å²) in [5.74, 6) is 1.00. The molecule has 23 heavy (non-hydrogen) atoms. The van der Waals surface area contributed by atoms with Gasteiger partial charge in [-0.3, -0.25) is 4.79 Å². The van der Waals surface area contributed by atoms with Crippen molar-refractivity contribution in [2.75, 3.05) is 26.6 Å². The van der Waals surface area contributed by atoms with Gasteiger partial charge in [-0.1, -0.05) is 0 Å². The number of aliphatic hydroxyl groups excluding tert-OH is 1. The number of amides is 1. The van der Waals surface area contributed by atoms with Gasteiger partial charge in [0.1, 0.15) is 6.10 Å². The Morgan fingerprint density at radius 3 is 3.00 bits per heavy atom. The number of hydrogen-bond donors (Lipinski definition) is 2. The first-order chi connectivity index (χ1) is 11.3. The van der Waals surface area contributed by atoms with Crippen molar-refractivity contribution in [2.45, 2.75) is 6.10 Å². The van der Waals surface area contributed by atoms with E-state index in [0.29, 0.717) is 23.6 Å². The molecule has 6 nitrogen and oxygen atoms in total. The van der Waals surface area contributed by atoms with E-state index in [-0.39, 0.29) is 32.0 Å². The largest absolute Gasteiger partial charge is 0.454 e. The molecule has 122 valence electrons. The quantitative estimate of drug-likeness (QED) is 0.809. The molecule has 0 saturated carbocycles. The molecule has 0 aliphatic carbocycles. The summed E-state index contributed by atoms with van der Waals surface area (Å²) in [6.45, 7) is 0.663. The van der Waals surface area contributed by atoms with Crippen molar-refractivity contribution < 1.29 is 24.1 Å². The third kappa shape index (κ3) is 3.82. The zero-order chi connectivity index (χ0) is 16.1. The van der Waals surface area contributed by atoms with Crippen molar-refractivity contribution >= 4 is 17.2 Å². The molecular weight excluding hydrogens is 318 g/mol. The van der Waals surface area contributed by atoms with E-state index < -0.39 is 0 Å². The van der Waals surface area contributed by atoms with Crippen molar-refractivity contribution in [2.24, 2.45) is 0 Å². The van der Waals surface area contributed by atoms with E-state index in [2.05, 4.69) is 5.32 Å². The average molecular weight is 335 g/mol. The Morgan fingerprint density at radius 1 is 1.35 bits per heavy atom. The molecule has 0 bridgehead atoms. The van der Waals surface area contributed by atoms with Crippen LogP contribution in [0.4, 0.5) is 0 Å². The summed E-state index contributed by atoms with van der Waals surface area (Å²) in [7, 11) is 0. The van der Waals surface area contributed by atoms with Crippen LogP contribution in [-0.2, 0) is 4.74 Å². The number of fused-ring (bicyclic) bond motifs is 1. The maximum atomic E-state index is 12.3. The van der Waals surface area contributed by atoms with Crippen LogP contribution in [0.15, 0.2) is 35.0 Å². The molecule has 3 rings (SSSR count). The second kappa shape index (κ2) is 7.45. The summed E-state index contributed by atoms with van der Waals surface area (Å²) in [5, 5.41) is 15.7. The van der Waals surface area contributed by atoms with Crippen molar-refractivity contribution in [3.8, 4) is 11.5 Å². The van der Waals surface area contributed by atoms with Crippen LogP contribution in [0, 0.1) is 0 Å². The lowest BCUT2D eigenvalue weighted by molar-refractivity contribution is 0.0279. The van der Waals surface area contributed by atoms with E-state index in [1.165, 1.54) is 0 Å². The fraction of sp³-hybridized carbons (Fsp3) is 0.312. The topological polar surface area (TPSA) is 77.0 Å². The van der Waals surface area contributed by atoms with Gasteiger partial charge in [0.05, 0.1) is 13.2 Å². The lowest BCUT2D eigenvalue weighted by atomic mass is 10.1. The summed E-state index contributed by atoms with van der Waals surface area (Å²) in [4.78, 5) is 12.3. The van der Waals surface area contributed by atoms with Crippen LogP contribution in [0.3, 0.4) is 0 Å². The van der Waals surface area contributed by atoms with Gasteiger partial charge in [0.25, 0.3) is 5.91 Å². The highest BCUT2D eigenvalue weighted by atomic mass is 32.1. The van der Waals surface area contributed by atoms with Crippen LogP contribution in [0.25, 0.3) is 0 Å². The van der Waals surface area contributed by atoms with E-state index in [0.717, 1.165) is 5.56 Å². The number of benzene rings is 1. The maximum Gasteiger partial charge on any atom is 0.251 e. The fourth-order valence-electron chi connectivity index (χ4n) is 2.25. The molecule has 2 heterocycles. The van der Waals surface area contributed by atoms with E-state index in [4.69, 9.17) is 19.3 Å². The van der Waals surface area contributed by atoms with Crippen LogP contribution in [-0.4, -0.2) is 37.6 Å². The number of carbonyl (C=O) groups is 1. The lowest BCUT2D eigenvalue weighted by Crippen LogP contribution is -2.29. The zero-order valence-corrected chi connectivity index (χ0v) is 13.2. The van der Waals surface area contributed by atoms with Gasteiger partial charge in [-0.25, -0.2) is 0 Å². The van der Waals surface area contributed by atoms with E-state index >= 15 is 0 Å². The third-order valence-electron chi connectivity index (χ3n) is 3.41. The number of hydrogen-bond acceptors (Lipinski definition) is 6. The van der Waals surface area contributed by atoms with Crippen LogP contribution < -0.4 is 14.8 Å². The highest BCUT2D eigenvalue weighted by Crippen LogP contribution is 2.32. The van der Waals surface area contributed by atoms with Gasteiger partial charge in [0.15, 0.2) is 11.5 Å². The number of thiophene rings is 1. The fourth-order valence-corrected chi connectivity index (χ4v) is 2.95. The molecule has 1 aliphatic heterocycles. The maximum absolute atomic E-state index is 12.3. The van der Waals surface area contributed by atoms with E-state index in [9.17, 15) is 4.79 Å². The van der Waals surface area contributed by atoms with Gasteiger partial charge in [-0.15, -0.1) is 0 Å². The van der Waals surface area contributed by atoms with Crippen molar-refractivity contribution in [3.05, 3.63) is 46.2 Å². The summed E-state index contributed by atoms with van der Waals surface area (Å²) in [5.41, 5.74) is 1.48. The third-order valence-corrected chi connectivity index (χ3v) is 4.11. The molecule has 1 aromatic heterocycles. The van der Waals surface area contributed by atoms with Gasteiger partial charge in [0.2, 0.25) is 6.79 Å². The normalized spacial score (nSPS) is 13.8. The SMILES string of the molecule is O=C(NC[C@H](OCCO)c1ccsc1)c1ccc2c(c1)OCO2. The van der Waals surface area contributed by atoms with Gasteiger partial charge in [-0.2, -0.15) is 11.3 Å². The Morgan fingerprint density at radius 2 is 2.22 bits per heavy atom. The molecule has 1 aromatic carbocycles. The lowest BCUT2D eigenvalue weighted by Gasteiger charge is -2.17. The molecule has 0 fully saturated rings. The van der Waals surface area contributed by atoms with Crippen LogP contribution in [0.2, 0.25) is 0 Å². The Bertz CT molecular complexity index is 658. The van der Waals surface area contributed by atoms with Crippen LogP contribution in [0.1, 0.15) is 22.0 Å². The van der Waals surface area contributed by atoms with Gasteiger partial charge in [-0.05, 0) is 40.6 Å². The number of nitrogens with one attached hydrogen (secondary N) is 1. The Balaban J connectivity index is 1.62. The average Bonchev–Trinajstić information content (AvgIpc) is 3.25. The number of carbonyl (C=O) groups excluding carboxylic acids is 1. The van der Waals surface area contributed by atoms with Gasteiger partial charge < -0.3 is 24.6 Å². The van der Waals surface area contributed by atoms with Crippen molar-refractivity contribution in [1.82, 2.24) is 5.32 Å². The minimum Gasteiger partial charge on any atom is -0.454 e. The predicted molar refractivity (Wildman–Crippen MR) is 85.0 cm³/mol.